The lowest BCUT2D eigenvalue weighted by molar-refractivity contribution is -0.142. The average Bonchev–Trinajstić information content (AvgIpc) is 2.76. The van der Waals surface area contributed by atoms with E-state index in [0.717, 1.165) is 27.2 Å². The van der Waals surface area contributed by atoms with Gasteiger partial charge in [0.1, 0.15) is 0 Å². The van der Waals surface area contributed by atoms with Crippen LogP contribution in [-0.4, -0.2) is 23.5 Å². The lowest BCUT2D eigenvalue weighted by Crippen LogP contribution is -2.20. The second-order valence-corrected chi connectivity index (χ2v) is 6.47. The Morgan fingerprint density at radius 3 is 2.59 bits per heavy atom. The zero-order valence-corrected chi connectivity index (χ0v) is 15.5. The predicted octanol–water partition coefficient (Wildman–Crippen LogP) is 4.58. The number of para-hydroxylation sites is 1. The Kier molecular flexibility index (Phi) is 5.29. The number of hydrogen-bond donors (Lipinski definition) is 1. The number of benzene rings is 3. The summed E-state index contributed by atoms with van der Waals surface area (Å²) in [5.41, 5.74) is 2.26. The quantitative estimate of drug-likeness (QED) is 0.405. The molecule has 0 bridgehead atoms. The molecule has 0 fully saturated rings. The van der Waals surface area contributed by atoms with Crippen molar-refractivity contribution in [3.05, 3.63) is 90.6 Å². The Bertz CT molecular complexity index is 1230. The van der Waals surface area contributed by atoms with Gasteiger partial charge in [-0.15, -0.1) is 0 Å². The molecule has 5 nitrogen and oxygen atoms in total. The van der Waals surface area contributed by atoms with E-state index in [1.165, 1.54) is 6.08 Å². The second-order valence-electron chi connectivity index (χ2n) is 6.47. The Morgan fingerprint density at radius 2 is 1.69 bits per heavy atom. The molecule has 0 atom stereocenters. The van der Waals surface area contributed by atoms with Crippen molar-refractivity contribution in [3.63, 3.8) is 0 Å². The monoisotopic (exact) mass is 382 g/mol. The molecule has 5 heteroatoms. The summed E-state index contributed by atoms with van der Waals surface area (Å²) in [6, 6.07) is 23.0. The fourth-order valence-electron chi connectivity index (χ4n) is 3.07. The van der Waals surface area contributed by atoms with Crippen LogP contribution in [0, 0.1) is 0 Å². The molecule has 0 aliphatic rings. The van der Waals surface area contributed by atoms with Crippen molar-refractivity contribution in [1.29, 1.82) is 0 Å². The Balaban J connectivity index is 1.35. The molecule has 0 spiro atoms. The van der Waals surface area contributed by atoms with Crippen LogP contribution in [0.3, 0.4) is 0 Å². The van der Waals surface area contributed by atoms with Crippen molar-refractivity contribution in [2.24, 2.45) is 0 Å². The molecular weight excluding hydrogens is 364 g/mol. The van der Waals surface area contributed by atoms with Crippen LogP contribution in [0.15, 0.2) is 85.1 Å². The smallest absolute Gasteiger partial charge is 0.331 e. The topological polar surface area (TPSA) is 68.3 Å². The molecule has 0 radical (unpaired) electrons. The standard InChI is InChI=1S/C24H18N2O3/c27-22(26-21-12-10-17-5-1-2-6-20(17)15-21)16-29-23(28)13-11-19-8-3-7-18-9-4-14-25-24(18)19/h1-15H,16H2,(H,26,27)/b13-11+. The molecule has 1 N–H and O–H groups in total. The molecule has 0 saturated heterocycles. The maximum atomic E-state index is 12.1. The van der Waals surface area contributed by atoms with Gasteiger partial charge in [-0.2, -0.15) is 0 Å². The zero-order chi connectivity index (χ0) is 20.1. The summed E-state index contributed by atoms with van der Waals surface area (Å²) in [6.07, 6.45) is 4.64. The van der Waals surface area contributed by atoms with E-state index in [4.69, 9.17) is 4.74 Å². The number of hydrogen-bond acceptors (Lipinski definition) is 4. The van der Waals surface area contributed by atoms with E-state index in [2.05, 4.69) is 10.3 Å². The molecule has 3 aromatic carbocycles. The zero-order valence-electron chi connectivity index (χ0n) is 15.5. The first-order chi connectivity index (χ1) is 14.2. The number of aromatic nitrogens is 1. The van der Waals surface area contributed by atoms with Crippen LogP contribution in [0.5, 0.6) is 0 Å². The molecule has 142 valence electrons. The number of carbonyl (C=O) groups excluding carboxylic acids is 2. The van der Waals surface area contributed by atoms with Crippen LogP contribution < -0.4 is 5.32 Å². The number of fused-ring (bicyclic) bond motifs is 2. The van der Waals surface area contributed by atoms with Crippen LogP contribution in [0.4, 0.5) is 5.69 Å². The molecule has 1 amide bonds. The van der Waals surface area contributed by atoms with Crippen LogP contribution in [0.1, 0.15) is 5.56 Å². The molecule has 0 saturated carbocycles. The van der Waals surface area contributed by atoms with Gasteiger partial charge < -0.3 is 10.1 Å². The SMILES string of the molecule is O=C(COC(=O)/C=C/c1cccc2cccnc12)Nc1ccc2ccccc2c1. The van der Waals surface area contributed by atoms with Crippen LogP contribution in [0.2, 0.25) is 0 Å². The maximum Gasteiger partial charge on any atom is 0.331 e. The van der Waals surface area contributed by atoms with Gasteiger partial charge in [0.15, 0.2) is 6.61 Å². The van der Waals surface area contributed by atoms with Gasteiger partial charge in [0.05, 0.1) is 5.52 Å². The molecule has 0 aliphatic carbocycles. The van der Waals surface area contributed by atoms with Crippen LogP contribution in [-0.2, 0) is 14.3 Å². The molecule has 4 aromatic rings. The maximum absolute atomic E-state index is 12.1. The number of anilines is 1. The van der Waals surface area contributed by atoms with Gasteiger partial charge in [0, 0.05) is 28.9 Å². The molecule has 4 rings (SSSR count). The van der Waals surface area contributed by atoms with E-state index < -0.39 is 11.9 Å². The number of pyridine rings is 1. The lowest BCUT2D eigenvalue weighted by Gasteiger charge is -2.07. The molecule has 29 heavy (non-hydrogen) atoms. The van der Waals surface area contributed by atoms with Gasteiger partial charge in [0.25, 0.3) is 5.91 Å². The van der Waals surface area contributed by atoms with E-state index >= 15 is 0 Å². The summed E-state index contributed by atoms with van der Waals surface area (Å²) in [7, 11) is 0. The number of carbonyl (C=O) groups is 2. The Hall–Kier alpha value is -3.99. The number of nitrogens with zero attached hydrogens (tertiary/aromatic N) is 1. The third kappa shape index (κ3) is 4.47. The van der Waals surface area contributed by atoms with Gasteiger partial charge in [-0.3, -0.25) is 9.78 Å². The molecule has 0 unspecified atom stereocenters. The first kappa shape index (κ1) is 18.4. The number of nitrogens with one attached hydrogen (secondary N) is 1. The third-order valence-electron chi connectivity index (χ3n) is 4.44. The highest BCUT2D eigenvalue weighted by Gasteiger charge is 2.07. The normalized spacial score (nSPS) is 11.0. The minimum atomic E-state index is -0.591. The van der Waals surface area contributed by atoms with Gasteiger partial charge in [0.2, 0.25) is 0 Å². The first-order valence-corrected chi connectivity index (χ1v) is 9.16. The van der Waals surface area contributed by atoms with Crippen molar-refractivity contribution < 1.29 is 14.3 Å². The second kappa shape index (κ2) is 8.35. The molecule has 1 aromatic heterocycles. The van der Waals surface area contributed by atoms with Gasteiger partial charge in [-0.25, -0.2) is 4.79 Å². The number of amides is 1. The van der Waals surface area contributed by atoms with Gasteiger partial charge in [-0.1, -0.05) is 54.6 Å². The number of ether oxygens (including phenoxy) is 1. The van der Waals surface area contributed by atoms with E-state index in [9.17, 15) is 9.59 Å². The van der Waals surface area contributed by atoms with Crippen molar-refractivity contribution >= 4 is 45.3 Å². The number of rotatable bonds is 5. The van der Waals surface area contributed by atoms with E-state index in [1.54, 1.807) is 12.3 Å². The van der Waals surface area contributed by atoms with Crippen molar-refractivity contribution in [2.45, 2.75) is 0 Å². The summed E-state index contributed by atoms with van der Waals surface area (Å²) >= 11 is 0. The van der Waals surface area contributed by atoms with E-state index in [-0.39, 0.29) is 6.61 Å². The molecular formula is C24H18N2O3. The molecule has 1 heterocycles. The van der Waals surface area contributed by atoms with Gasteiger partial charge in [-0.05, 0) is 35.0 Å². The molecule has 0 aliphatic heterocycles. The minimum absolute atomic E-state index is 0.357. The van der Waals surface area contributed by atoms with E-state index in [0.29, 0.717) is 5.69 Å². The highest BCUT2D eigenvalue weighted by molar-refractivity contribution is 5.97. The van der Waals surface area contributed by atoms with E-state index in [1.807, 2.05) is 72.8 Å². The summed E-state index contributed by atoms with van der Waals surface area (Å²) in [4.78, 5) is 28.4. The largest absolute Gasteiger partial charge is 0.452 e. The summed E-state index contributed by atoms with van der Waals surface area (Å²) in [5.74, 6) is -0.986. The van der Waals surface area contributed by atoms with Crippen molar-refractivity contribution in [1.82, 2.24) is 4.98 Å². The highest BCUT2D eigenvalue weighted by atomic mass is 16.5. The van der Waals surface area contributed by atoms with Crippen LogP contribution >= 0.6 is 0 Å². The first-order valence-electron chi connectivity index (χ1n) is 9.16. The summed E-state index contributed by atoms with van der Waals surface area (Å²) in [5, 5.41) is 5.83. The highest BCUT2D eigenvalue weighted by Crippen LogP contribution is 2.19. The fourth-order valence-corrected chi connectivity index (χ4v) is 3.07. The predicted molar refractivity (Wildman–Crippen MR) is 114 cm³/mol. The minimum Gasteiger partial charge on any atom is -0.452 e. The van der Waals surface area contributed by atoms with Crippen molar-refractivity contribution in [2.75, 3.05) is 11.9 Å². The summed E-state index contributed by atoms with van der Waals surface area (Å²) in [6.45, 7) is -0.357. The average molecular weight is 382 g/mol. The lowest BCUT2D eigenvalue weighted by atomic mass is 10.1. The van der Waals surface area contributed by atoms with Gasteiger partial charge >= 0.3 is 5.97 Å². The van der Waals surface area contributed by atoms with Crippen LogP contribution in [0.25, 0.3) is 27.8 Å². The fraction of sp³-hybridized carbons (Fsp3) is 0.0417. The Morgan fingerprint density at radius 1 is 0.897 bits per heavy atom. The van der Waals surface area contributed by atoms with Crippen molar-refractivity contribution in [3.8, 4) is 0 Å². The Labute approximate surface area is 167 Å². The summed E-state index contributed by atoms with van der Waals surface area (Å²) < 4.78 is 5.04. The number of esters is 1. The third-order valence-corrected chi connectivity index (χ3v) is 4.44.